The highest BCUT2D eigenvalue weighted by atomic mass is 32.2. The molecule has 0 aromatic heterocycles. The van der Waals surface area contributed by atoms with Crippen LogP contribution in [-0.2, 0) is 14.8 Å². The fraction of sp³-hybridized carbons (Fsp3) is 0.533. The van der Waals surface area contributed by atoms with Crippen LogP contribution in [0.3, 0.4) is 0 Å². The Morgan fingerprint density at radius 2 is 2.00 bits per heavy atom. The van der Waals surface area contributed by atoms with E-state index in [1.807, 2.05) is 49.3 Å². The minimum atomic E-state index is -3.23. The zero-order valence-corrected chi connectivity index (χ0v) is 13.8. The molecule has 1 aliphatic heterocycles. The summed E-state index contributed by atoms with van der Waals surface area (Å²) in [6, 6.07) is 9.96. The number of hydrogen-bond donors (Lipinski definition) is 1. The summed E-state index contributed by atoms with van der Waals surface area (Å²) in [5.41, 5.74) is 1.11. The summed E-state index contributed by atoms with van der Waals surface area (Å²) in [4.78, 5) is 14.0. The molecule has 1 aromatic rings. The minimum Gasteiger partial charge on any atom is -0.353 e. The van der Waals surface area contributed by atoms with Gasteiger partial charge in [-0.3, -0.25) is 4.79 Å². The van der Waals surface area contributed by atoms with Crippen LogP contribution in [0, 0.1) is 0 Å². The Hall–Kier alpha value is -1.44. The van der Waals surface area contributed by atoms with Crippen LogP contribution in [0.1, 0.15) is 18.0 Å². The highest BCUT2D eigenvalue weighted by Gasteiger charge is 2.29. The van der Waals surface area contributed by atoms with Gasteiger partial charge < -0.3 is 10.2 Å². The van der Waals surface area contributed by atoms with Crippen molar-refractivity contribution in [3.05, 3.63) is 35.9 Å². The molecular formula is C15H23N3O3S. The molecule has 0 saturated carbocycles. The van der Waals surface area contributed by atoms with Crippen molar-refractivity contribution in [3.8, 4) is 0 Å². The lowest BCUT2D eigenvalue weighted by atomic mass is 10.1. The van der Waals surface area contributed by atoms with Gasteiger partial charge in [0.25, 0.3) is 0 Å². The molecule has 122 valence electrons. The van der Waals surface area contributed by atoms with Gasteiger partial charge in [0.2, 0.25) is 15.9 Å². The molecule has 22 heavy (non-hydrogen) atoms. The fourth-order valence-corrected chi connectivity index (χ4v) is 4.04. The Balaban J connectivity index is 1.91. The van der Waals surface area contributed by atoms with E-state index < -0.39 is 10.0 Å². The van der Waals surface area contributed by atoms with Crippen LogP contribution in [0.4, 0.5) is 0 Å². The van der Waals surface area contributed by atoms with Crippen LogP contribution >= 0.6 is 0 Å². The first-order chi connectivity index (χ1) is 10.4. The van der Waals surface area contributed by atoms with E-state index in [1.54, 1.807) is 0 Å². The van der Waals surface area contributed by atoms with Crippen molar-refractivity contribution < 1.29 is 13.2 Å². The molecule has 0 aliphatic carbocycles. The van der Waals surface area contributed by atoms with Crippen molar-refractivity contribution in [2.75, 3.05) is 39.5 Å². The summed E-state index contributed by atoms with van der Waals surface area (Å²) >= 11 is 0. The summed E-state index contributed by atoms with van der Waals surface area (Å²) in [5.74, 6) is -0.113. The first-order valence-electron chi connectivity index (χ1n) is 7.36. The normalized spacial score (nSPS) is 19.2. The van der Waals surface area contributed by atoms with E-state index >= 15 is 0 Å². The lowest BCUT2D eigenvalue weighted by molar-refractivity contribution is -0.121. The monoisotopic (exact) mass is 325 g/mol. The van der Waals surface area contributed by atoms with Crippen molar-refractivity contribution in [2.45, 2.75) is 12.5 Å². The molecule has 1 unspecified atom stereocenters. The molecule has 1 fully saturated rings. The summed E-state index contributed by atoms with van der Waals surface area (Å²) in [5, 5.41) is 2.84. The van der Waals surface area contributed by atoms with Crippen LogP contribution < -0.4 is 5.32 Å². The molecule has 2 rings (SSSR count). The third-order valence-corrected chi connectivity index (χ3v) is 5.73. The van der Waals surface area contributed by atoms with Crippen LogP contribution in [0.5, 0.6) is 0 Å². The number of nitrogens with one attached hydrogen (secondary N) is 1. The second kappa shape index (κ2) is 7.21. The van der Waals surface area contributed by atoms with Crippen molar-refractivity contribution in [2.24, 2.45) is 0 Å². The van der Waals surface area contributed by atoms with Gasteiger partial charge in [0.1, 0.15) is 0 Å². The van der Waals surface area contributed by atoms with Crippen LogP contribution in [-0.4, -0.2) is 63.0 Å². The van der Waals surface area contributed by atoms with E-state index in [2.05, 4.69) is 5.32 Å². The SMILES string of the molecule is CN(C)C(CNC(=O)CN1CCCS1(=O)=O)c1ccccc1. The van der Waals surface area contributed by atoms with Crippen molar-refractivity contribution in [1.29, 1.82) is 0 Å². The number of carbonyl (C=O) groups excluding carboxylic acids is 1. The second-order valence-corrected chi connectivity index (χ2v) is 7.79. The third kappa shape index (κ3) is 4.28. The van der Waals surface area contributed by atoms with E-state index in [4.69, 9.17) is 0 Å². The molecule has 1 amide bonds. The molecule has 0 radical (unpaired) electrons. The third-order valence-electron chi connectivity index (χ3n) is 3.82. The van der Waals surface area contributed by atoms with Gasteiger partial charge in [-0.25, -0.2) is 8.42 Å². The molecule has 1 N–H and O–H groups in total. The number of hydrogen-bond acceptors (Lipinski definition) is 4. The fourth-order valence-electron chi connectivity index (χ4n) is 2.57. The number of sulfonamides is 1. The molecule has 0 bridgehead atoms. The standard InChI is InChI=1S/C15H23N3O3S/c1-17(2)14(13-7-4-3-5-8-13)11-16-15(19)12-18-9-6-10-22(18,20)21/h3-5,7-8,14H,6,9-12H2,1-2H3,(H,16,19). The van der Waals surface area contributed by atoms with E-state index in [1.165, 1.54) is 4.31 Å². The summed E-state index contributed by atoms with van der Waals surface area (Å²) in [6.07, 6.45) is 0.597. The molecule has 1 aromatic carbocycles. The molecule has 1 heterocycles. The second-order valence-electron chi connectivity index (χ2n) is 5.70. The number of amides is 1. The van der Waals surface area contributed by atoms with Gasteiger partial charge in [-0.05, 0) is 26.1 Å². The molecule has 7 heteroatoms. The van der Waals surface area contributed by atoms with E-state index in [0.29, 0.717) is 19.5 Å². The van der Waals surface area contributed by atoms with Crippen molar-refractivity contribution in [3.63, 3.8) is 0 Å². The van der Waals surface area contributed by atoms with Gasteiger partial charge in [-0.15, -0.1) is 0 Å². The highest BCUT2D eigenvalue weighted by molar-refractivity contribution is 7.89. The zero-order valence-electron chi connectivity index (χ0n) is 13.0. The van der Waals surface area contributed by atoms with Gasteiger partial charge in [-0.1, -0.05) is 30.3 Å². The maximum absolute atomic E-state index is 12.0. The zero-order chi connectivity index (χ0) is 16.2. The highest BCUT2D eigenvalue weighted by Crippen LogP contribution is 2.17. The van der Waals surface area contributed by atoms with Gasteiger partial charge in [-0.2, -0.15) is 4.31 Å². The average molecular weight is 325 g/mol. The topological polar surface area (TPSA) is 69.7 Å². The number of carbonyl (C=O) groups is 1. The van der Waals surface area contributed by atoms with Crippen LogP contribution in [0.15, 0.2) is 30.3 Å². The van der Waals surface area contributed by atoms with Crippen molar-refractivity contribution in [1.82, 2.24) is 14.5 Å². The quantitative estimate of drug-likeness (QED) is 0.824. The number of nitrogens with zero attached hydrogens (tertiary/aromatic N) is 2. The molecule has 1 atom stereocenters. The summed E-state index contributed by atoms with van der Waals surface area (Å²) in [6.45, 7) is 0.798. The van der Waals surface area contributed by atoms with Crippen LogP contribution in [0.25, 0.3) is 0 Å². The number of benzene rings is 1. The molecule has 1 saturated heterocycles. The Bertz CT molecular complexity index is 602. The predicted octanol–water partition coefficient (Wildman–Crippen LogP) is 0.441. The maximum atomic E-state index is 12.0. The summed E-state index contributed by atoms with van der Waals surface area (Å²) < 4.78 is 24.7. The predicted molar refractivity (Wildman–Crippen MR) is 85.9 cm³/mol. The van der Waals surface area contributed by atoms with E-state index in [0.717, 1.165) is 5.56 Å². The Morgan fingerprint density at radius 1 is 1.32 bits per heavy atom. The first kappa shape index (κ1) is 16.9. The smallest absolute Gasteiger partial charge is 0.235 e. The number of rotatable bonds is 6. The lowest BCUT2D eigenvalue weighted by Gasteiger charge is -2.25. The Morgan fingerprint density at radius 3 is 2.55 bits per heavy atom. The Kier molecular flexibility index (Phi) is 5.55. The lowest BCUT2D eigenvalue weighted by Crippen LogP contribution is -2.41. The summed E-state index contributed by atoms with van der Waals surface area (Å²) in [7, 11) is 0.679. The van der Waals surface area contributed by atoms with Gasteiger partial charge in [0.15, 0.2) is 0 Å². The molecular weight excluding hydrogens is 302 g/mol. The van der Waals surface area contributed by atoms with Gasteiger partial charge in [0, 0.05) is 13.1 Å². The average Bonchev–Trinajstić information content (AvgIpc) is 2.79. The minimum absolute atomic E-state index is 0.0559. The largest absolute Gasteiger partial charge is 0.353 e. The van der Waals surface area contributed by atoms with Crippen molar-refractivity contribution >= 4 is 15.9 Å². The molecule has 0 spiro atoms. The maximum Gasteiger partial charge on any atom is 0.235 e. The van der Waals surface area contributed by atoms with E-state index in [-0.39, 0.29) is 24.2 Å². The number of likely N-dealkylation sites (N-methyl/N-ethyl adjacent to an activating group) is 1. The van der Waals surface area contributed by atoms with Crippen LogP contribution in [0.2, 0.25) is 0 Å². The molecule has 1 aliphatic rings. The molecule has 6 nitrogen and oxygen atoms in total. The van der Waals surface area contributed by atoms with E-state index in [9.17, 15) is 13.2 Å². The Labute approximate surface area is 132 Å². The van der Waals surface area contributed by atoms with Gasteiger partial charge >= 0.3 is 0 Å². The first-order valence-corrected chi connectivity index (χ1v) is 8.97. The van der Waals surface area contributed by atoms with Gasteiger partial charge in [0.05, 0.1) is 18.3 Å².